The summed E-state index contributed by atoms with van der Waals surface area (Å²) >= 11 is 3.45. The van der Waals surface area contributed by atoms with E-state index in [-0.39, 0.29) is 17.2 Å². The number of carbonyl (C=O) groups excluding carboxylic acids is 1. The van der Waals surface area contributed by atoms with E-state index in [1.807, 2.05) is 36.4 Å². The lowest BCUT2D eigenvalue weighted by atomic mass is 10.0. The molecule has 0 unspecified atom stereocenters. The second-order valence-electron chi connectivity index (χ2n) is 5.88. The third-order valence-electron chi connectivity index (χ3n) is 3.97. The summed E-state index contributed by atoms with van der Waals surface area (Å²) in [5, 5.41) is 14.0. The highest BCUT2D eigenvalue weighted by molar-refractivity contribution is 9.10. The highest BCUT2D eigenvalue weighted by atomic mass is 79.9. The summed E-state index contributed by atoms with van der Waals surface area (Å²) in [4.78, 5) is 23.7. The number of amides is 1. The SMILES string of the molecule is C/C(=C\c1ccc2cc(Br)ccc2c1)C(=O)Nc1ccccc1C(=O)O. The highest BCUT2D eigenvalue weighted by Gasteiger charge is 2.12. The number of carboxylic acid groups (broad SMARTS) is 1. The molecule has 3 aromatic rings. The van der Waals surface area contributed by atoms with Crippen molar-refractivity contribution in [2.45, 2.75) is 6.92 Å². The van der Waals surface area contributed by atoms with Crippen molar-refractivity contribution < 1.29 is 14.7 Å². The minimum atomic E-state index is -1.08. The second kappa shape index (κ2) is 7.54. The van der Waals surface area contributed by atoms with Crippen LogP contribution in [0, 0.1) is 0 Å². The van der Waals surface area contributed by atoms with Gasteiger partial charge in [0.2, 0.25) is 0 Å². The van der Waals surface area contributed by atoms with Gasteiger partial charge in [-0.25, -0.2) is 4.79 Å². The molecule has 0 bridgehead atoms. The fourth-order valence-corrected chi connectivity index (χ4v) is 3.02. The number of carboxylic acids is 1. The number of rotatable bonds is 4. The van der Waals surface area contributed by atoms with Gasteiger partial charge in [0.15, 0.2) is 0 Å². The summed E-state index contributed by atoms with van der Waals surface area (Å²) in [6, 6.07) is 18.3. The van der Waals surface area contributed by atoms with Crippen molar-refractivity contribution in [3.8, 4) is 0 Å². The molecule has 5 heteroatoms. The maximum Gasteiger partial charge on any atom is 0.337 e. The summed E-state index contributed by atoms with van der Waals surface area (Å²) in [5.74, 6) is -1.42. The summed E-state index contributed by atoms with van der Waals surface area (Å²) in [6.07, 6.45) is 1.78. The van der Waals surface area contributed by atoms with Crippen LogP contribution in [0.3, 0.4) is 0 Å². The van der Waals surface area contributed by atoms with Crippen molar-refractivity contribution in [3.05, 3.63) is 81.8 Å². The van der Waals surface area contributed by atoms with E-state index in [1.165, 1.54) is 6.07 Å². The van der Waals surface area contributed by atoms with Gasteiger partial charge >= 0.3 is 5.97 Å². The topological polar surface area (TPSA) is 66.4 Å². The molecule has 3 rings (SSSR count). The Morgan fingerprint density at radius 1 is 1.00 bits per heavy atom. The molecular weight excluding hydrogens is 394 g/mol. The zero-order chi connectivity index (χ0) is 18.7. The van der Waals surface area contributed by atoms with E-state index in [4.69, 9.17) is 0 Å². The van der Waals surface area contributed by atoms with E-state index in [9.17, 15) is 14.7 Å². The predicted octanol–water partition coefficient (Wildman–Crippen LogP) is 5.34. The van der Waals surface area contributed by atoms with Crippen LogP contribution in [0.15, 0.2) is 70.7 Å². The van der Waals surface area contributed by atoms with Crippen LogP contribution in [0.2, 0.25) is 0 Å². The first-order chi connectivity index (χ1) is 12.4. The maximum absolute atomic E-state index is 12.4. The largest absolute Gasteiger partial charge is 0.478 e. The van der Waals surface area contributed by atoms with Gasteiger partial charge in [0.1, 0.15) is 0 Å². The van der Waals surface area contributed by atoms with Crippen molar-refractivity contribution in [1.82, 2.24) is 0 Å². The van der Waals surface area contributed by atoms with Gasteiger partial charge in [0.25, 0.3) is 5.91 Å². The normalized spacial score (nSPS) is 11.4. The smallest absolute Gasteiger partial charge is 0.337 e. The minimum Gasteiger partial charge on any atom is -0.478 e. The van der Waals surface area contributed by atoms with Crippen molar-refractivity contribution >= 4 is 50.3 Å². The Bertz CT molecular complexity index is 1040. The van der Waals surface area contributed by atoms with Crippen molar-refractivity contribution in [1.29, 1.82) is 0 Å². The number of fused-ring (bicyclic) bond motifs is 1. The minimum absolute atomic E-state index is 0.0601. The van der Waals surface area contributed by atoms with E-state index in [0.29, 0.717) is 5.57 Å². The first-order valence-electron chi connectivity index (χ1n) is 7.95. The Morgan fingerprint density at radius 2 is 1.69 bits per heavy atom. The van der Waals surface area contributed by atoms with Crippen molar-refractivity contribution in [3.63, 3.8) is 0 Å². The molecule has 0 atom stereocenters. The lowest BCUT2D eigenvalue weighted by Gasteiger charge is -2.09. The molecule has 0 saturated carbocycles. The number of hydrogen-bond donors (Lipinski definition) is 2. The molecule has 0 radical (unpaired) electrons. The monoisotopic (exact) mass is 409 g/mol. The zero-order valence-electron chi connectivity index (χ0n) is 14.0. The Kier molecular flexibility index (Phi) is 5.19. The lowest BCUT2D eigenvalue weighted by molar-refractivity contribution is -0.112. The summed E-state index contributed by atoms with van der Waals surface area (Å²) < 4.78 is 1.01. The van der Waals surface area contributed by atoms with Crippen LogP contribution in [0.1, 0.15) is 22.8 Å². The molecule has 0 aliphatic heterocycles. The van der Waals surface area contributed by atoms with E-state index >= 15 is 0 Å². The fraction of sp³-hybridized carbons (Fsp3) is 0.0476. The highest BCUT2D eigenvalue weighted by Crippen LogP contribution is 2.22. The van der Waals surface area contributed by atoms with E-state index < -0.39 is 5.97 Å². The first kappa shape index (κ1) is 17.9. The molecule has 130 valence electrons. The zero-order valence-corrected chi connectivity index (χ0v) is 15.6. The van der Waals surface area contributed by atoms with E-state index in [2.05, 4.69) is 21.2 Å². The molecule has 26 heavy (non-hydrogen) atoms. The molecule has 1 amide bonds. The number of anilines is 1. The van der Waals surface area contributed by atoms with Crippen LogP contribution < -0.4 is 5.32 Å². The van der Waals surface area contributed by atoms with Crippen LogP contribution in [0.5, 0.6) is 0 Å². The van der Waals surface area contributed by atoms with Gasteiger partial charge < -0.3 is 10.4 Å². The van der Waals surface area contributed by atoms with Crippen LogP contribution in [-0.4, -0.2) is 17.0 Å². The molecule has 4 nitrogen and oxygen atoms in total. The average molecular weight is 410 g/mol. The van der Waals surface area contributed by atoms with Crippen LogP contribution in [0.25, 0.3) is 16.8 Å². The number of aromatic carboxylic acids is 1. The summed E-state index contributed by atoms with van der Waals surface area (Å²) in [6.45, 7) is 1.70. The molecule has 0 heterocycles. The molecule has 3 aromatic carbocycles. The van der Waals surface area contributed by atoms with Gasteiger partial charge in [0, 0.05) is 10.0 Å². The molecule has 0 saturated heterocycles. The van der Waals surface area contributed by atoms with Gasteiger partial charge in [-0.1, -0.05) is 46.3 Å². The van der Waals surface area contributed by atoms with Crippen LogP contribution >= 0.6 is 15.9 Å². The quantitative estimate of drug-likeness (QED) is 0.571. The average Bonchev–Trinajstić information content (AvgIpc) is 2.62. The number of carbonyl (C=O) groups is 2. The van der Waals surface area contributed by atoms with Gasteiger partial charge in [-0.05, 0) is 59.7 Å². The lowest BCUT2D eigenvalue weighted by Crippen LogP contribution is -2.15. The number of nitrogens with one attached hydrogen (secondary N) is 1. The fourth-order valence-electron chi connectivity index (χ4n) is 2.64. The number of hydrogen-bond acceptors (Lipinski definition) is 2. The van der Waals surface area contributed by atoms with Crippen molar-refractivity contribution in [2.24, 2.45) is 0 Å². The van der Waals surface area contributed by atoms with Crippen LogP contribution in [0.4, 0.5) is 5.69 Å². The number of benzene rings is 3. The number of halogens is 1. The Morgan fingerprint density at radius 3 is 2.46 bits per heavy atom. The molecule has 0 spiro atoms. The first-order valence-corrected chi connectivity index (χ1v) is 8.74. The predicted molar refractivity (Wildman–Crippen MR) is 107 cm³/mol. The second-order valence-corrected chi connectivity index (χ2v) is 6.80. The van der Waals surface area contributed by atoms with Gasteiger partial charge in [0.05, 0.1) is 11.3 Å². The molecule has 0 aliphatic rings. The third kappa shape index (κ3) is 4.00. The van der Waals surface area contributed by atoms with E-state index in [1.54, 1.807) is 31.2 Å². The van der Waals surface area contributed by atoms with Gasteiger partial charge in [-0.2, -0.15) is 0 Å². The van der Waals surface area contributed by atoms with Crippen molar-refractivity contribution in [2.75, 3.05) is 5.32 Å². The third-order valence-corrected chi connectivity index (χ3v) is 4.47. The van der Waals surface area contributed by atoms with Gasteiger partial charge in [-0.15, -0.1) is 0 Å². The molecule has 0 fully saturated rings. The molecule has 2 N–H and O–H groups in total. The summed E-state index contributed by atoms with van der Waals surface area (Å²) in [7, 11) is 0. The molecule has 0 aromatic heterocycles. The Balaban J connectivity index is 1.84. The number of para-hydroxylation sites is 1. The Labute approximate surface area is 159 Å². The molecular formula is C21H16BrNO3. The van der Waals surface area contributed by atoms with Gasteiger partial charge in [-0.3, -0.25) is 4.79 Å². The van der Waals surface area contributed by atoms with E-state index in [0.717, 1.165) is 20.8 Å². The standard InChI is InChI=1S/C21H16BrNO3/c1-13(20(24)23-19-5-3-2-4-18(19)21(25)26)10-14-6-7-16-12-17(22)9-8-15(16)11-14/h2-12H,1H3,(H,23,24)(H,25,26)/b13-10+. The maximum atomic E-state index is 12.4. The Hall–Kier alpha value is -2.92. The summed E-state index contributed by atoms with van der Waals surface area (Å²) in [5.41, 5.74) is 1.73. The van der Waals surface area contributed by atoms with Crippen LogP contribution in [-0.2, 0) is 4.79 Å². The molecule has 0 aliphatic carbocycles.